The van der Waals surface area contributed by atoms with Gasteiger partial charge in [-0.15, -0.1) is 0 Å². The van der Waals surface area contributed by atoms with Crippen LogP contribution in [0.2, 0.25) is 0 Å². The predicted octanol–water partition coefficient (Wildman–Crippen LogP) is 1.10. The Kier molecular flexibility index (Phi) is 5.19. The van der Waals surface area contributed by atoms with Gasteiger partial charge < -0.3 is 35.6 Å². The fourth-order valence-corrected chi connectivity index (χ4v) is 4.30. The average molecular weight is 414 g/mol. The number of ether oxygens (including phenoxy) is 1. The Balaban J connectivity index is 1.94. The molecule has 2 atom stereocenters. The van der Waals surface area contributed by atoms with Crippen LogP contribution in [0, 0.1) is 5.82 Å². The number of fused-ring (bicyclic) bond motifs is 4. The summed E-state index contributed by atoms with van der Waals surface area (Å²) in [7, 11) is 3.25. The van der Waals surface area contributed by atoms with Crippen LogP contribution in [0.5, 0.6) is 0 Å². The molecule has 0 spiro atoms. The third-order valence-corrected chi connectivity index (χ3v) is 5.68. The topological polar surface area (TPSA) is 119 Å². The molecule has 0 saturated heterocycles. The maximum Gasteiger partial charge on any atom is 0.257 e. The van der Waals surface area contributed by atoms with Gasteiger partial charge in [-0.2, -0.15) is 0 Å². The Hall–Kier alpha value is -3.01. The highest BCUT2D eigenvalue weighted by Gasteiger charge is 2.37. The summed E-state index contributed by atoms with van der Waals surface area (Å²) in [6, 6.07) is 4.19. The highest BCUT2D eigenvalue weighted by atomic mass is 19.1. The van der Waals surface area contributed by atoms with E-state index in [0.29, 0.717) is 30.8 Å². The number of anilines is 2. The van der Waals surface area contributed by atoms with Crippen molar-refractivity contribution in [3.8, 4) is 0 Å². The van der Waals surface area contributed by atoms with Gasteiger partial charge in [-0.25, -0.2) is 4.39 Å². The Morgan fingerprint density at radius 3 is 2.90 bits per heavy atom. The summed E-state index contributed by atoms with van der Waals surface area (Å²) >= 11 is 0. The van der Waals surface area contributed by atoms with Gasteiger partial charge in [0.15, 0.2) is 6.29 Å². The van der Waals surface area contributed by atoms with Gasteiger partial charge in [-0.1, -0.05) is 0 Å². The lowest BCUT2D eigenvalue weighted by Crippen LogP contribution is -2.27. The third kappa shape index (κ3) is 3.02. The number of halogens is 1. The van der Waals surface area contributed by atoms with Gasteiger partial charge in [-0.3, -0.25) is 4.79 Å². The second-order valence-electron chi connectivity index (χ2n) is 7.44. The maximum absolute atomic E-state index is 14.1. The minimum Gasteiger partial charge on any atom is -0.396 e. The van der Waals surface area contributed by atoms with E-state index in [1.807, 2.05) is 0 Å². The molecule has 158 valence electrons. The molecule has 8 nitrogen and oxygen atoms in total. The summed E-state index contributed by atoms with van der Waals surface area (Å²) < 4.78 is 20.9. The van der Waals surface area contributed by atoms with Crippen molar-refractivity contribution in [3.05, 3.63) is 62.3 Å². The molecule has 30 heavy (non-hydrogen) atoms. The number of aldehydes is 1. The fraction of sp³-hybridized carbons (Fsp3) is 0.333. The quantitative estimate of drug-likeness (QED) is 0.413. The van der Waals surface area contributed by atoms with E-state index in [9.17, 15) is 19.1 Å². The molecule has 9 heteroatoms. The second-order valence-corrected chi connectivity index (χ2v) is 7.44. The van der Waals surface area contributed by atoms with Crippen LogP contribution < -0.4 is 21.9 Å². The summed E-state index contributed by atoms with van der Waals surface area (Å²) in [6.45, 7) is 0.804. The number of rotatable bonds is 6. The van der Waals surface area contributed by atoms with Crippen LogP contribution in [0.25, 0.3) is 5.57 Å². The second kappa shape index (κ2) is 7.67. The van der Waals surface area contributed by atoms with E-state index in [1.165, 1.54) is 13.2 Å². The smallest absolute Gasteiger partial charge is 0.257 e. The number of nitrogens with zero attached hydrogens (tertiary/aromatic N) is 1. The van der Waals surface area contributed by atoms with E-state index in [2.05, 4.69) is 10.6 Å². The molecule has 0 bridgehead atoms. The van der Waals surface area contributed by atoms with Gasteiger partial charge in [0.05, 0.1) is 18.3 Å². The van der Waals surface area contributed by atoms with Crippen LogP contribution in [-0.2, 0) is 22.7 Å². The van der Waals surface area contributed by atoms with Crippen LogP contribution in [0.3, 0.4) is 0 Å². The van der Waals surface area contributed by atoms with Crippen LogP contribution in [0.1, 0.15) is 34.5 Å². The first-order valence-electron chi connectivity index (χ1n) is 9.52. The van der Waals surface area contributed by atoms with Crippen LogP contribution in [0.15, 0.2) is 28.6 Å². The van der Waals surface area contributed by atoms with E-state index in [0.717, 1.165) is 16.7 Å². The first-order chi connectivity index (χ1) is 14.4. The van der Waals surface area contributed by atoms with E-state index < -0.39 is 18.0 Å². The minimum absolute atomic E-state index is 0.0260. The van der Waals surface area contributed by atoms with Gasteiger partial charge in [-0.05, 0) is 36.4 Å². The normalized spacial score (nSPS) is 17.8. The van der Waals surface area contributed by atoms with Crippen molar-refractivity contribution < 1.29 is 19.0 Å². The van der Waals surface area contributed by atoms with Crippen molar-refractivity contribution in [1.82, 2.24) is 9.88 Å². The SMILES string of the molecule is CNCC1=C2Cn3c(cc(C(O)C=O)c(COC)c3=O)C2Nc2cc(F)c(N)cc21. The highest BCUT2D eigenvalue weighted by Crippen LogP contribution is 2.45. The molecule has 2 aliphatic heterocycles. The van der Waals surface area contributed by atoms with Gasteiger partial charge in [0.2, 0.25) is 0 Å². The minimum atomic E-state index is -1.44. The lowest BCUT2D eigenvalue weighted by molar-refractivity contribution is -0.115. The van der Waals surface area contributed by atoms with E-state index in [4.69, 9.17) is 10.5 Å². The van der Waals surface area contributed by atoms with Crippen LogP contribution >= 0.6 is 0 Å². The summed E-state index contributed by atoms with van der Waals surface area (Å²) in [6.07, 6.45) is -1.06. The molecule has 5 N–H and O–H groups in total. The van der Waals surface area contributed by atoms with Crippen LogP contribution in [-0.4, -0.2) is 36.7 Å². The molecule has 0 aliphatic carbocycles. The number of nitrogens with two attached hydrogens (primary N) is 1. The molecule has 0 amide bonds. The zero-order valence-corrected chi connectivity index (χ0v) is 16.7. The van der Waals surface area contributed by atoms with Crippen molar-refractivity contribution in [2.45, 2.75) is 25.3 Å². The largest absolute Gasteiger partial charge is 0.396 e. The zero-order valence-electron chi connectivity index (χ0n) is 16.7. The molecular weight excluding hydrogens is 391 g/mol. The molecule has 2 unspecified atom stereocenters. The molecule has 1 aromatic carbocycles. The number of pyridine rings is 1. The molecule has 4 rings (SSSR count). The number of likely N-dealkylation sites (N-methyl/N-ethyl adjacent to an activating group) is 1. The molecule has 0 saturated carbocycles. The average Bonchev–Trinajstić information content (AvgIpc) is 3.09. The van der Waals surface area contributed by atoms with E-state index in [1.54, 1.807) is 23.7 Å². The first-order valence-corrected chi connectivity index (χ1v) is 9.52. The molecular formula is C21H23FN4O4. The van der Waals surface area contributed by atoms with E-state index in [-0.39, 0.29) is 29.0 Å². The summed E-state index contributed by atoms with van der Waals surface area (Å²) in [4.78, 5) is 24.4. The summed E-state index contributed by atoms with van der Waals surface area (Å²) in [5.74, 6) is -0.531. The molecule has 0 fully saturated rings. The van der Waals surface area contributed by atoms with E-state index >= 15 is 0 Å². The predicted molar refractivity (Wildman–Crippen MR) is 110 cm³/mol. The lowest BCUT2D eigenvalue weighted by atomic mass is 9.89. The molecule has 2 aliphatic rings. The number of nitrogens with one attached hydrogen (secondary N) is 2. The molecule has 0 radical (unpaired) electrons. The number of carbonyl (C=O) groups is 1. The number of aliphatic hydroxyl groups excluding tert-OH is 1. The summed E-state index contributed by atoms with van der Waals surface area (Å²) in [5, 5.41) is 16.6. The Bertz CT molecular complexity index is 1120. The zero-order chi connectivity index (χ0) is 21.6. The monoisotopic (exact) mass is 414 g/mol. The number of aliphatic hydroxyl groups is 1. The lowest BCUT2D eigenvalue weighted by Gasteiger charge is -2.29. The number of benzene rings is 1. The fourth-order valence-electron chi connectivity index (χ4n) is 4.30. The number of methoxy groups -OCH3 is 1. The van der Waals surface area contributed by atoms with Crippen molar-refractivity contribution >= 4 is 23.2 Å². The maximum atomic E-state index is 14.1. The van der Waals surface area contributed by atoms with Crippen molar-refractivity contribution in [1.29, 1.82) is 0 Å². The first kappa shape index (κ1) is 20.3. The summed E-state index contributed by atoms with van der Waals surface area (Å²) in [5.41, 5.74) is 9.80. The Morgan fingerprint density at radius 2 is 2.23 bits per heavy atom. The highest BCUT2D eigenvalue weighted by molar-refractivity contribution is 5.86. The standard InChI is InChI=1S/C21H23FN4O4/c1-24-6-12-10-3-16(23)15(22)5-17(10)25-20-13(12)7-26-18(20)4-11(19(28)8-27)14(9-30-2)21(26)29/h3-5,8,19-20,24-25,28H,6-7,9,23H2,1-2H3. The number of hydrogen-bond donors (Lipinski definition) is 4. The Morgan fingerprint density at radius 1 is 1.47 bits per heavy atom. The van der Waals surface area contributed by atoms with Crippen molar-refractivity contribution in [3.63, 3.8) is 0 Å². The van der Waals surface area contributed by atoms with Gasteiger partial charge in [0, 0.05) is 48.3 Å². The van der Waals surface area contributed by atoms with Crippen molar-refractivity contribution in [2.75, 3.05) is 31.8 Å². The molecule has 2 aromatic rings. The molecule has 3 heterocycles. The number of hydrogen-bond acceptors (Lipinski definition) is 7. The Labute approximate surface area is 172 Å². The number of nitrogen functional groups attached to an aromatic ring is 1. The van der Waals surface area contributed by atoms with Crippen LogP contribution in [0.4, 0.5) is 15.8 Å². The van der Waals surface area contributed by atoms with Gasteiger partial charge in [0.25, 0.3) is 5.56 Å². The number of aromatic nitrogens is 1. The third-order valence-electron chi connectivity index (χ3n) is 5.68. The van der Waals surface area contributed by atoms with Gasteiger partial charge in [0.1, 0.15) is 11.9 Å². The van der Waals surface area contributed by atoms with Crippen molar-refractivity contribution in [2.24, 2.45) is 0 Å². The number of carbonyl (C=O) groups excluding carboxylic acids is 1. The van der Waals surface area contributed by atoms with Gasteiger partial charge >= 0.3 is 0 Å². The molecule has 1 aromatic heterocycles.